The monoisotopic (exact) mass is 429 g/mol. The zero-order chi connectivity index (χ0) is 23.4. The largest absolute Gasteiger partial charge is 0.480 e. The molecule has 0 heterocycles. The second-order valence-electron chi connectivity index (χ2n) is 7.73. The minimum Gasteiger partial charge on any atom is -0.480 e. The Balaban J connectivity index is 5.48. The lowest BCUT2D eigenvalue weighted by Crippen LogP contribution is -2.57. The second-order valence-corrected chi connectivity index (χ2v) is 7.73. The van der Waals surface area contributed by atoms with Crippen LogP contribution in [0.5, 0.6) is 0 Å². The maximum atomic E-state index is 12.7. The third-order valence-electron chi connectivity index (χ3n) is 4.63. The molecule has 0 saturated heterocycles. The van der Waals surface area contributed by atoms with Gasteiger partial charge in [0, 0.05) is 6.42 Å². The topological polar surface area (TPSA) is 194 Å². The van der Waals surface area contributed by atoms with E-state index in [0.29, 0.717) is 12.8 Å². The van der Waals surface area contributed by atoms with Gasteiger partial charge in [-0.25, -0.2) is 4.79 Å². The van der Waals surface area contributed by atoms with Crippen LogP contribution in [0.4, 0.5) is 0 Å². The molecule has 30 heavy (non-hydrogen) atoms. The van der Waals surface area contributed by atoms with Crippen molar-refractivity contribution in [1.29, 1.82) is 0 Å². The summed E-state index contributed by atoms with van der Waals surface area (Å²) >= 11 is 0. The van der Waals surface area contributed by atoms with Gasteiger partial charge in [0.1, 0.15) is 18.1 Å². The zero-order valence-corrected chi connectivity index (χ0v) is 18.1. The van der Waals surface area contributed by atoms with Crippen molar-refractivity contribution >= 4 is 29.6 Å². The van der Waals surface area contributed by atoms with Crippen LogP contribution in [0.2, 0.25) is 0 Å². The molecule has 0 fully saturated rings. The molecule has 11 nitrogen and oxygen atoms in total. The van der Waals surface area contributed by atoms with Crippen molar-refractivity contribution in [3.05, 3.63) is 0 Å². The van der Waals surface area contributed by atoms with Crippen LogP contribution in [0.3, 0.4) is 0 Å². The molecule has 0 aromatic carbocycles. The van der Waals surface area contributed by atoms with Crippen LogP contribution in [0, 0.1) is 11.8 Å². The van der Waals surface area contributed by atoms with Crippen molar-refractivity contribution in [2.75, 3.05) is 6.54 Å². The number of hydrogen-bond acceptors (Lipinski definition) is 6. The number of nitrogens with two attached hydrogens (primary N) is 2. The summed E-state index contributed by atoms with van der Waals surface area (Å²) in [5.74, 6) is -4.08. The number of aliphatic carboxylic acids is 1. The summed E-state index contributed by atoms with van der Waals surface area (Å²) < 4.78 is 0. The van der Waals surface area contributed by atoms with E-state index in [1.807, 2.05) is 13.8 Å². The molecule has 0 spiro atoms. The van der Waals surface area contributed by atoms with Gasteiger partial charge < -0.3 is 32.5 Å². The van der Waals surface area contributed by atoms with Crippen molar-refractivity contribution in [2.24, 2.45) is 23.3 Å². The van der Waals surface area contributed by atoms with E-state index in [0.717, 1.165) is 0 Å². The van der Waals surface area contributed by atoms with Gasteiger partial charge >= 0.3 is 5.97 Å². The van der Waals surface area contributed by atoms with Crippen LogP contribution in [0.25, 0.3) is 0 Å². The molecular formula is C19H35N5O6. The summed E-state index contributed by atoms with van der Waals surface area (Å²) in [6.07, 6.45) is 0.506. The Bertz CT molecular complexity index is 625. The average Bonchev–Trinajstić information content (AvgIpc) is 2.66. The third kappa shape index (κ3) is 10.2. The molecule has 0 aliphatic heterocycles. The summed E-state index contributed by atoms with van der Waals surface area (Å²) in [4.78, 5) is 59.7. The van der Waals surface area contributed by atoms with Crippen molar-refractivity contribution in [1.82, 2.24) is 16.0 Å². The fourth-order valence-corrected chi connectivity index (χ4v) is 2.72. The van der Waals surface area contributed by atoms with Crippen molar-refractivity contribution < 1.29 is 29.1 Å². The van der Waals surface area contributed by atoms with Gasteiger partial charge in [0.05, 0.1) is 6.54 Å². The molecule has 172 valence electrons. The molecule has 0 saturated carbocycles. The fraction of sp³-hybridized carbons (Fsp3) is 0.737. The van der Waals surface area contributed by atoms with Gasteiger partial charge in [-0.05, 0) is 24.7 Å². The summed E-state index contributed by atoms with van der Waals surface area (Å²) in [5, 5.41) is 16.8. The Kier molecular flexibility index (Phi) is 12.3. The van der Waals surface area contributed by atoms with Crippen LogP contribution in [0.15, 0.2) is 0 Å². The van der Waals surface area contributed by atoms with Crippen LogP contribution in [-0.2, 0) is 24.0 Å². The van der Waals surface area contributed by atoms with E-state index in [4.69, 9.17) is 11.5 Å². The minimum absolute atomic E-state index is 0.0542. The van der Waals surface area contributed by atoms with E-state index in [1.165, 1.54) is 0 Å². The molecule has 8 N–H and O–H groups in total. The van der Waals surface area contributed by atoms with Gasteiger partial charge in [-0.2, -0.15) is 0 Å². The predicted molar refractivity (Wildman–Crippen MR) is 110 cm³/mol. The number of rotatable bonds is 14. The molecule has 4 unspecified atom stereocenters. The van der Waals surface area contributed by atoms with E-state index in [2.05, 4.69) is 16.0 Å². The first kappa shape index (κ1) is 27.3. The van der Waals surface area contributed by atoms with Crippen molar-refractivity contribution in [3.63, 3.8) is 0 Å². The van der Waals surface area contributed by atoms with E-state index < -0.39 is 47.7 Å². The van der Waals surface area contributed by atoms with Gasteiger partial charge in [-0.1, -0.05) is 34.1 Å². The predicted octanol–water partition coefficient (Wildman–Crippen LogP) is -1.16. The first-order valence-corrected chi connectivity index (χ1v) is 10.0. The third-order valence-corrected chi connectivity index (χ3v) is 4.63. The second kappa shape index (κ2) is 13.5. The quantitative estimate of drug-likeness (QED) is 0.200. The Morgan fingerprint density at radius 1 is 0.933 bits per heavy atom. The van der Waals surface area contributed by atoms with E-state index >= 15 is 0 Å². The number of carbonyl (C=O) groups excluding carboxylic acids is 4. The highest BCUT2D eigenvalue weighted by Gasteiger charge is 2.31. The Hall–Kier alpha value is -2.69. The first-order valence-electron chi connectivity index (χ1n) is 10.0. The zero-order valence-electron chi connectivity index (χ0n) is 18.1. The molecule has 0 bridgehead atoms. The van der Waals surface area contributed by atoms with Crippen LogP contribution < -0.4 is 27.4 Å². The highest BCUT2D eigenvalue weighted by atomic mass is 16.4. The molecule has 0 aromatic heterocycles. The first-order chi connectivity index (χ1) is 13.9. The smallest absolute Gasteiger partial charge is 0.326 e. The highest BCUT2D eigenvalue weighted by Crippen LogP contribution is 2.10. The highest BCUT2D eigenvalue weighted by molar-refractivity contribution is 5.93. The number of primary amides is 1. The molecule has 11 heteroatoms. The molecule has 4 atom stereocenters. The average molecular weight is 430 g/mol. The Morgan fingerprint density at radius 3 is 1.93 bits per heavy atom. The van der Waals surface area contributed by atoms with E-state index in [-0.39, 0.29) is 31.2 Å². The molecule has 4 amide bonds. The molecule has 0 aliphatic carbocycles. The summed E-state index contributed by atoms with van der Waals surface area (Å²) in [6, 6.07) is -3.28. The number of carbonyl (C=O) groups is 5. The number of carboxylic acid groups (broad SMARTS) is 1. The molecule has 0 aliphatic rings. The molecular weight excluding hydrogens is 394 g/mol. The fourth-order valence-electron chi connectivity index (χ4n) is 2.72. The van der Waals surface area contributed by atoms with Gasteiger partial charge in [0.25, 0.3) is 0 Å². The SMILES string of the molecule is CCC(C)C(NC(=O)C(CCC(N)=O)NC(=O)C(CC(C)C)NC(=O)CN)C(=O)O. The molecule has 0 rings (SSSR count). The summed E-state index contributed by atoms with van der Waals surface area (Å²) in [6.45, 7) is 6.88. The summed E-state index contributed by atoms with van der Waals surface area (Å²) in [5.41, 5.74) is 10.4. The van der Waals surface area contributed by atoms with Crippen molar-refractivity contribution in [2.45, 2.75) is 71.5 Å². The summed E-state index contributed by atoms with van der Waals surface area (Å²) in [7, 11) is 0. The van der Waals surface area contributed by atoms with Gasteiger partial charge in [-0.15, -0.1) is 0 Å². The molecule has 0 radical (unpaired) electrons. The van der Waals surface area contributed by atoms with E-state index in [9.17, 15) is 29.1 Å². The number of carboxylic acids is 1. The Labute approximate surface area is 176 Å². The standard InChI is InChI=1S/C19H35N5O6/c1-5-11(4)16(19(29)30)24-17(27)12(6-7-14(21)25)23-18(28)13(8-10(2)3)22-15(26)9-20/h10-13,16H,5-9,20H2,1-4H3,(H2,21,25)(H,22,26)(H,23,28)(H,24,27)(H,29,30). The van der Waals surface area contributed by atoms with Gasteiger partial charge in [0.2, 0.25) is 23.6 Å². The lowest BCUT2D eigenvalue weighted by Gasteiger charge is -2.26. The van der Waals surface area contributed by atoms with Crippen molar-refractivity contribution in [3.8, 4) is 0 Å². The Morgan fingerprint density at radius 2 is 1.50 bits per heavy atom. The number of nitrogens with one attached hydrogen (secondary N) is 3. The van der Waals surface area contributed by atoms with Gasteiger partial charge in [0.15, 0.2) is 0 Å². The minimum atomic E-state index is -1.20. The normalized spacial score (nSPS) is 14.9. The molecule has 0 aromatic rings. The van der Waals surface area contributed by atoms with Crippen LogP contribution >= 0.6 is 0 Å². The van der Waals surface area contributed by atoms with E-state index in [1.54, 1.807) is 13.8 Å². The lowest BCUT2D eigenvalue weighted by atomic mass is 9.98. The van der Waals surface area contributed by atoms with Gasteiger partial charge in [-0.3, -0.25) is 19.2 Å². The number of hydrogen-bond donors (Lipinski definition) is 6. The maximum Gasteiger partial charge on any atom is 0.326 e. The maximum absolute atomic E-state index is 12.7. The lowest BCUT2D eigenvalue weighted by molar-refractivity contribution is -0.144. The van der Waals surface area contributed by atoms with Crippen LogP contribution in [-0.4, -0.2) is 59.4 Å². The van der Waals surface area contributed by atoms with Crippen LogP contribution in [0.1, 0.15) is 53.4 Å². The number of amides is 4.